The zero-order chi connectivity index (χ0) is 13.2. The number of aliphatic carboxylic acids is 1. The van der Waals surface area contributed by atoms with E-state index in [1.54, 1.807) is 6.92 Å². The van der Waals surface area contributed by atoms with Gasteiger partial charge in [0.15, 0.2) is 0 Å². The van der Waals surface area contributed by atoms with Crippen LogP contribution in [0.15, 0.2) is 0 Å². The molecule has 0 aromatic rings. The second kappa shape index (κ2) is 5.85. The molecule has 5 unspecified atom stereocenters. The SMILES string of the molecule is CC1CCC(C(C)C)C(C(C(=O)O)C(C)O)C1. The summed E-state index contributed by atoms with van der Waals surface area (Å²) in [5.74, 6) is 0.178. The van der Waals surface area contributed by atoms with E-state index in [0.29, 0.717) is 17.8 Å². The molecular weight excluding hydrogens is 216 g/mol. The van der Waals surface area contributed by atoms with Gasteiger partial charge in [-0.1, -0.05) is 27.2 Å². The number of carboxylic acid groups (broad SMARTS) is 1. The highest BCUT2D eigenvalue weighted by Crippen LogP contribution is 2.42. The molecule has 0 amide bonds. The lowest BCUT2D eigenvalue weighted by atomic mass is 9.64. The fourth-order valence-electron chi connectivity index (χ4n) is 3.44. The Hall–Kier alpha value is -0.570. The maximum absolute atomic E-state index is 11.4. The lowest BCUT2D eigenvalue weighted by Crippen LogP contribution is -2.41. The van der Waals surface area contributed by atoms with Gasteiger partial charge in [0.2, 0.25) is 0 Å². The van der Waals surface area contributed by atoms with Crippen molar-refractivity contribution in [1.82, 2.24) is 0 Å². The van der Waals surface area contributed by atoms with Crippen molar-refractivity contribution in [2.45, 2.75) is 53.1 Å². The summed E-state index contributed by atoms with van der Waals surface area (Å²) in [5.41, 5.74) is 0. The summed E-state index contributed by atoms with van der Waals surface area (Å²) in [6, 6.07) is 0. The van der Waals surface area contributed by atoms with Gasteiger partial charge in [-0.3, -0.25) is 4.79 Å². The van der Waals surface area contributed by atoms with Crippen molar-refractivity contribution in [2.75, 3.05) is 0 Å². The van der Waals surface area contributed by atoms with E-state index in [1.807, 2.05) is 0 Å². The van der Waals surface area contributed by atoms with E-state index in [1.165, 1.54) is 6.42 Å². The molecule has 0 aromatic heterocycles. The third kappa shape index (κ3) is 3.44. The summed E-state index contributed by atoms with van der Waals surface area (Å²) >= 11 is 0. The topological polar surface area (TPSA) is 57.5 Å². The molecule has 2 N–H and O–H groups in total. The standard InChI is InChI=1S/C14H26O3/c1-8(2)11-6-5-9(3)7-12(11)13(10(4)15)14(16)17/h8-13,15H,5-7H2,1-4H3,(H,16,17). The van der Waals surface area contributed by atoms with Crippen LogP contribution in [0.2, 0.25) is 0 Å². The Labute approximate surface area is 104 Å². The first-order chi connectivity index (χ1) is 7.84. The molecule has 100 valence electrons. The van der Waals surface area contributed by atoms with E-state index in [-0.39, 0.29) is 5.92 Å². The molecular formula is C14H26O3. The monoisotopic (exact) mass is 242 g/mol. The molecule has 17 heavy (non-hydrogen) atoms. The minimum atomic E-state index is -0.843. The van der Waals surface area contributed by atoms with E-state index >= 15 is 0 Å². The normalized spacial score (nSPS) is 33.4. The summed E-state index contributed by atoms with van der Waals surface area (Å²) in [6.45, 7) is 8.11. The summed E-state index contributed by atoms with van der Waals surface area (Å²) in [7, 11) is 0. The van der Waals surface area contributed by atoms with E-state index in [2.05, 4.69) is 20.8 Å². The Balaban J connectivity index is 2.90. The number of carboxylic acids is 1. The third-order valence-corrected chi connectivity index (χ3v) is 4.34. The average molecular weight is 242 g/mol. The predicted molar refractivity (Wildman–Crippen MR) is 67.6 cm³/mol. The van der Waals surface area contributed by atoms with Gasteiger partial charge in [0.05, 0.1) is 12.0 Å². The van der Waals surface area contributed by atoms with Crippen LogP contribution in [0.5, 0.6) is 0 Å². The number of aliphatic hydroxyl groups excluding tert-OH is 1. The smallest absolute Gasteiger partial charge is 0.309 e. The van der Waals surface area contributed by atoms with Crippen LogP contribution in [0.3, 0.4) is 0 Å². The number of rotatable bonds is 4. The van der Waals surface area contributed by atoms with Crippen molar-refractivity contribution < 1.29 is 15.0 Å². The van der Waals surface area contributed by atoms with Crippen LogP contribution in [0.4, 0.5) is 0 Å². The lowest BCUT2D eigenvalue weighted by Gasteiger charge is -2.41. The second-order valence-electron chi connectivity index (χ2n) is 6.09. The largest absolute Gasteiger partial charge is 0.481 e. The van der Waals surface area contributed by atoms with Crippen molar-refractivity contribution in [3.05, 3.63) is 0 Å². The number of carbonyl (C=O) groups is 1. The van der Waals surface area contributed by atoms with Crippen molar-refractivity contribution in [3.8, 4) is 0 Å². The molecule has 3 nitrogen and oxygen atoms in total. The highest BCUT2D eigenvalue weighted by molar-refractivity contribution is 5.71. The predicted octanol–water partition coefficient (Wildman–Crippen LogP) is 2.78. The van der Waals surface area contributed by atoms with Crippen LogP contribution in [0, 0.1) is 29.6 Å². The van der Waals surface area contributed by atoms with Crippen LogP contribution in [-0.2, 0) is 4.79 Å². The molecule has 1 fully saturated rings. The summed E-state index contributed by atoms with van der Waals surface area (Å²) in [4.78, 5) is 11.4. The molecule has 5 atom stereocenters. The van der Waals surface area contributed by atoms with Crippen LogP contribution < -0.4 is 0 Å². The Morgan fingerprint density at radius 3 is 2.18 bits per heavy atom. The fraction of sp³-hybridized carbons (Fsp3) is 0.929. The molecule has 0 aromatic carbocycles. The maximum Gasteiger partial charge on any atom is 0.309 e. The van der Waals surface area contributed by atoms with Crippen molar-refractivity contribution in [2.24, 2.45) is 29.6 Å². The van der Waals surface area contributed by atoms with Gasteiger partial charge in [0, 0.05) is 0 Å². The van der Waals surface area contributed by atoms with E-state index in [9.17, 15) is 15.0 Å². The zero-order valence-corrected chi connectivity index (χ0v) is 11.4. The van der Waals surface area contributed by atoms with Crippen molar-refractivity contribution >= 4 is 5.97 Å². The van der Waals surface area contributed by atoms with Crippen molar-refractivity contribution in [3.63, 3.8) is 0 Å². The Bertz CT molecular complexity index is 260. The van der Waals surface area contributed by atoms with Crippen LogP contribution in [0.25, 0.3) is 0 Å². The van der Waals surface area contributed by atoms with Gasteiger partial charge in [0.25, 0.3) is 0 Å². The molecule has 0 heterocycles. The van der Waals surface area contributed by atoms with E-state index < -0.39 is 18.0 Å². The lowest BCUT2D eigenvalue weighted by molar-refractivity contribution is -0.151. The minimum absolute atomic E-state index is 0.122. The van der Waals surface area contributed by atoms with Crippen LogP contribution >= 0.6 is 0 Å². The Morgan fingerprint density at radius 1 is 1.18 bits per heavy atom. The highest BCUT2D eigenvalue weighted by atomic mass is 16.4. The van der Waals surface area contributed by atoms with Crippen molar-refractivity contribution in [1.29, 1.82) is 0 Å². The minimum Gasteiger partial charge on any atom is -0.481 e. The van der Waals surface area contributed by atoms with Gasteiger partial charge in [-0.25, -0.2) is 0 Å². The summed E-state index contributed by atoms with van der Waals surface area (Å²) < 4.78 is 0. The van der Waals surface area contributed by atoms with Gasteiger partial charge in [-0.2, -0.15) is 0 Å². The summed E-state index contributed by atoms with van der Waals surface area (Å²) in [6.07, 6.45) is 2.46. The first-order valence-corrected chi connectivity index (χ1v) is 6.75. The third-order valence-electron chi connectivity index (χ3n) is 4.34. The van der Waals surface area contributed by atoms with Crippen LogP contribution in [0.1, 0.15) is 47.0 Å². The molecule has 1 saturated carbocycles. The molecule has 1 aliphatic rings. The first-order valence-electron chi connectivity index (χ1n) is 6.75. The van der Waals surface area contributed by atoms with Gasteiger partial charge in [0.1, 0.15) is 0 Å². The van der Waals surface area contributed by atoms with E-state index in [4.69, 9.17) is 0 Å². The first kappa shape index (κ1) is 14.5. The molecule has 0 spiro atoms. The highest BCUT2D eigenvalue weighted by Gasteiger charge is 2.41. The van der Waals surface area contributed by atoms with Gasteiger partial charge < -0.3 is 10.2 Å². The van der Waals surface area contributed by atoms with Crippen LogP contribution in [-0.4, -0.2) is 22.3 Å². The summed E-state index contributed by atoms with van der Waals surface area (Å²) in [5, 5.41) is 19.1. The zero-order valence-electron chi connectivity index (χ0n) is 11.4. The van der Waals surface area contributed by atoms with Gasteiger partial charge >= 0.3 is 5.97 Å². The average Bonchev–Trinajstić information content (AvgIpc) is 2.15. The molecule has 1 aliphatic carbocycles. The molecule has 0 radical (unpaired) electrons. The number of hydrogen-bond donors (Lipinski definition) is 2. The van der Waals surface area contributed by atoms with Gasteiger partial charge in [-0.05, 0) is 43.4 Å². The second-order valence-corrected chi connectivity index (χ2v) is 6.09. The quantitative estimate of drug-likeness (QED) is 0.797. The Morgan fingerprint density at radius 2 is 1.76 bits per heavy atom. The Kier molecular flexibility index (Phi) is 4.99. The number of aliphatic hydroxyl groups is 1. The molecule has 0 saturated heterocycles. The van der Waals surface area contributed by atoms with E-state index in [0.717, 1.165) is 12.8 Å². The molecule has 0 bridgehead atoms. The van der Waals surface area contributed by atoms with Gasteiger partial charge in [-0.15, -0.1) is 0 Å². The molecule has 0 aliphatic heterocycles. The molecule has 1 rings (SSSR count). The maximum atomic E-state index is 11.4. The number of hydrogen-bond acceptors (Lipinski definition) is 2. The molecule has 3 heteroatoms. The fourth-order valence-corrected chi connectivity index (χ4v) is 3.44.